The molecular weight excluding hydrogens is 210 g/mol. The van der Waals surface area contributed by atoms with Crippen molar-refractivity contribution in [3.05, 3.63) is 23.9 Å². The quantitative estimate of drug-likeness (QED) is 0.870. The maximum Gasteiger partial charge on any atom is 0.130 e. The average Bonchev–Trinajstić information content (AvgIpc) is 2.34. The number of piperidine rings is 1. The Morgan fingerprint density at radius 2 is 2.24 bits per heavy atom. The summed E-state index contributed by atoms with van der Waals surface area (Å²) in [6, 6.07) is 4.88. The summed E-state index contributed by atoms with van der Waals surface area (Å²) in [4.78, 5) is 6.94. The molecule has 1 N–H and O–H groups in total. The van der Waals surface area contributed by atoms with Crippen LogP contribution in [0.4, 0.5) is 5.82 Å². The predicted molar refractivity (Wildman–Crippen MR) is 72.1 cm³/mol. The molecule has 0 aliphatic carbocycles. The molecule has 1 aliphatic rings. The van der Waals surface area contributed by atoms with Crippen LogP contribution in [0.25, 0.3) is 0 Å². The SMILES string of the molecule is CNc1ncccc1CN1CC(C)CCC1C. The Hall–Kier alpha value is -1.09. The molecule has 0 amide bonds. The third-order valence-corrected chi connectivity index (χ3v) is 3.75. The van der Waals surface area contributed by atoms with E-state index in [1.165, 1.54) is 24.9 Å². The zero-order valence-electron chi connectivity index (χ0n) is 11.1. The summed E-state index contributed by atoms with van der Waals surface area (Å²) in [5.41, 5.74) is 1.30. The molecule has 2 unspecified atom stereocenters. The zero-order chi connectivity index (χ0) is 12.3. The summed E-state index contributed by atoms with van der Waals surface area (Å²) in [5.74, 6) is 1.83. The summed E-state index contributed by atoms with van der Waals surface area (Å²) < 4.78 is 0. The van der Waals surface area contributed by atoms with Crippen LogP contribution < -0.4 is 5.32 Å². The van der Waals surface area contributed by atoms with E-state index in [1.54, 1.807) is 0 Å². The molecule has 1 aromatic rings. The first kappa shape index (κ1) is 12.4. The first-order valence-electron chi connectivity index (χ1n) is 6.56. The Balaban J connectivity index is 2.08. The van der Waals surface area contributed by atoms with E-state index in [2.05, 4.69) is 35.1 Å². The minimum atomic E-state index is 0.691. The van der Waals surface area contributed by atoms with Gasteiger partial charge in [0, 0.05) is 37.9 Å². The molecule has 1 aliphatic heterocycles. The van der Waals surface area contributed by atoms with E-state index < -0.39 is 0 Å². The Morgan fingerprint density at radius 3 is 3.00 bits per heavy atom. The number of rotatable bonds is 3. The Kier molecular flexibility index (Phi) is 4.00. The minimum absolute atomic E-state index is 0.691. The van der Waals surface area contributed by atoms with Gasteiger partial charge in [0.1, 0.15) is 5.82 Å². The van der Waals surface area contributed by atoms with Crippen molar-refractivity contribution in [2.75, 3.05) is 18.9 Å². The molecule has 3 heteroatoms. The zero-order valence-corrected chi connectivity index (χ0v) is 11.1. The number of aromatic nitrogens is 1. The van der Waals surface area contributed by atoms with Crippen molar-refractivity contribution in [2.24, 2.45) is 5.92 Å². The molecule has 94 valence electrons. The summed E-state index contributed by atoms with van der Waals surface area (Å²) in [5, 5.41) is 3.17. The molecule has 2 heterocycles. The van der Waals surface area contributed by atoms with Crippen molar-refractivity contribution in [1.29, 1.82) is 0 Å². The Labute approximate surface area is 104 Å². The lowest BCUT2D eigenvalue weighted by atomic mass is 9.94. The van der Waals surface area contributed by atoms with Gasteiger partial charge in [0.15, 0.2) is 0 Å². The second-order valence-electron chi connectivity index (χ2n) is 5.22. The molecule has 0 spiro atoms. The lowest BCUT2D eigenvalue weighted by molar-refractivity contribution is 0.117. The van der Waals surface area contributed by atoms with E-state index in [-0.39, 0.29) is 0 Å². The first-order valence-corrected chi connectivity index (χ1v) is 6.56. The highest BCUT2D eigenvalue weighted by Crippen LogP contribution is 2.24. The fraction of sp³-hybridized carbons (Fsp3) is 0.643. The van der Waals surface area contributed by atoms with Crippen molar-refractivity contribution in [1.82, 2.24) is 9.88 Å². The van der Waals surface area contributed by atoms with Gasteiger partial charge in [0.25, 0.3) is 0 Å². The van der Waals surface area contributed by atoms with Crippen LogP contribution in [0, 0.1) is 5.92 Å². The summed E-state index contributed by atoms with van der Waals surface area (Å²) in [6.07, 6.45) is 4.53. The van der Waals surface area contributed by atoms with Crippen LogP contribution in [-0.2, 0) is 6.54 Å². The van der Waals surface area contributed by atoms with Crippen LogP contribution in [-0.4, -0.2) is 29.5 Å². The second-order valence-corrected chi connectivity index (χ2v) is 5.22. The normalized spacial score (nSPS) is 25.8. The fourth-order valence-corrected chi connectivity index (χ4v) is 2.61. The molecule has 1 saturated heterocycles. The molecule has 0 bridgehead atoms. The van der Waals surface area contributed by atoms with E-state index in [1.807, 2.05) is 19.3 Å². The summed E-state index contributed by atoms with van der Waals surface area (Å²) in [6.45, 7) is 6.90. The van der Waals surface area contributed by atoms with E-state index in [0.29, 0.717) is 6.04 Å². The molecule has 3 nitrogen and oxygen atoms in total. The Morgan fingerprint density at radius 1 is 1.41 bits per heavy atom. The van der Waals surface area contributed by atoms with Crippen LogP contribution in [0.15, 0.2) is 18.3 Å². The molecule has 1 fully saturated rings. The Bertz CT molecular complexity index is 364. The summed E-state index contributed by atoms with van der Waals surface area (Å²) in [7, 11) is 1.94. The number of nitrogens with one attached hydrogen (secondary N) is 1. The highest BCUT2D eigenvalue weighted by Gasteiger charge is 2.23. The van der Waals surface area contributed by atoms with Crippen LogP contribution in [0.1, 0.15) is 32.3 Å². The van der Waals surface area contributed by atoms with Crippen LogP contribution in [0.5, 0.6) is 0 Å². The number of nitrogens with zero attached hydrogens (tertiary/aromatic N) is 2. The molecule has 0 radical (unpaired) electrons. The summed E-state index contributed by atoms with van der Waals surface area (Å²) >= 11 is 0. The molecular formula is C14H23N3. The standard InChI is InChI=1S/C14H23N3/c1-11-6-7-12(2)17(9-11)10-13-5-4-8-16-14(13)15-3/h4-5,8,11-12H,6-7,9-10H2,1-3H3,(H,15,16). The maximum atomic E-state index is 4.37. The lowest BCUT2D eigenvalue weighted by Crippen LogP contribution is -2.40. The smallest absolute Gasteiger partial charge is 0.130 e. The molecule has 17 heavy (non-hydrogen) atoms. The van der Waals surface area contributed by atoms with Gasteiger partial charge in [0.2, 0.25) is 0 Å². The van der Waals surface area contributed by atoms with Gasteiger partial charge in [-0.1, -0.05) is 13.0 Å². The highest BCUT2D eigenvalue weighted by atomic mass is 15.2. The van der Waals surface area contributed by atoms with Gasteiger partial charge >= 0.3 is 0 Å². The number of hydrogen-bond acceptors (Lipinski definition) is 3. The maximum absolute atomic E-state index is 4.37. The van der Waals surface area contributed by atoms with Crippen LogP contribution in [0.2, 0.25) is 0 Å². The third kappa shape index (κ3) is 2.97. The minimum Gasteiger partial charge on any atom is -0.373 e. The van der Waals surface area contributed by atoms with Gasteiger partial charge in [-0.15, -0.1) is 0 Å². The molecule has 2 rings (SSSR count). The number of pyridine rings is 1. The van der Waals surface area contributed by atoms with Gasteiger partial charge in [-0.25, -0.2) is 4.98 Å². The van der Waals surface area contributed by atoms with Crippen molar-refractivity contribution in [3.8, 4) is 0 Å². The molecule has 1 aromatic heterocycles. The van der Waals surface area contributed by atoms with E-state index >= 15 is 0 Å². The monoisotopic (exact) mass is 233 g/mol. The first-order chi connectivity index (χ1) is 8.20. The van der Waals surface area contributed by atoms with Gasteiger partial charge in [-0.3, -0.25) is 4.90 Å². The largest absolute Gasteiger partial charge is 0.373 e. The van der Waals surface area contributed by atoms with Gasteiger partial charge < -0.3 is 5.32 Å². The second kappa shape index (κ2) is 5.50. The third-order valence-electron chi connectivity index (χ3n) is 3.75. The van der Waals surface area contributed by atoms with Crippen LogP contribution in [0.3, 0.4) is 0 Å². The van der Waals surface area contributed by atoms with Gasteiger partial charge in [0.05, 0.1) is 0 Å². The molecule has 0 aromatic carbocycles. The van der Waals surface area contributed by atoms with E-state index in [0.717, 1.165) is 18.3 Å². The van der Waals surface area contributed by atoms with E-state index in [9.17, 15) is 0 Å². The number of anilines is 1. The lowest BCUT2D eigenvalue weighted by Gasteiger charge is -2.37. The van der Waals surface area contributed by atoms with Crippen molar-refractivity contribution in [2.45, 2.75) is 39.3 Å². The topological polar surface area (TPSA) is 28.2 Å². The fourth-order valence-electron chi connectivity index (χ4n) is 2.61. The number of hydrogen-bond donors (Lipinski definition) is 1. The molecule has 0 saturated carbocycles. The average molecular weight is 233 g/mol. The predicted octanol–water partition coefficient (Wildman–Crippen LogP) is 2.74. The van der Waals surface area contributed by atoms with Crippen molar-refractivity contribution in [3.63, 3.8) is 0 Å². The van der Waals surface area contributed by atoms with Crippen molar-refractivity contribution >= 4 is 5.82 Å². The highest BCUT2D eigenvalue weighted by molar-refractivity contribution is 5.42. The van der Waals surface area contributed by atoms with Gasteiger partial charge in [-0.05, 0) is 31.7 Å². The van der Waals surface area contributed by atoms with Gasteiger partial charge in [-0.2, -0.15) is 0 Å². The number of likely N-dealkylation sites (tertiary alicyclic amines) is 1. The van der Waals surface area contributed by atoms with E-state index in [4.69, 9.17) is 0 Å². The van der Waals surface area contributed by atoms with Crippen LogP contribution >= 0.6 is 0 Å². The van der Waals surface area contributed by atoms with Crippen molar-refractivity contribution < 1.29 is 0 Å². The molecule has 2 atom stereocenters.